The van der Waals surface area contributed by atoms with Gasteiger partial charge in [-0.2, -0.15) is 0 Å². The number of hydrogen-bond acceptors (Lipinski definition) is 5. The first-order valence-corrected chi connectivity index (χ1v) is 9.67. The molecule has 2 aromatic heterocycles. The predicted molar refractivity (Wildman–Crippen MR) is 106 cm³/mol. The third kappa shape index (κ3) is 5.30. The molecular weight excluding hydrogens is 362 g/mol. The number of carbonyl (C=O) groups excluding carboxylic acids is 1. The second kappa shape index (κ2) is 9.18. The number of amides is 2. The van der Waals surface area contributed by atoms with Crippen LogP contribution < -0.4 is 10.1 Å². The molecule has 0 unspecified atom stereocenters. The Morgan fingerprint density at radius 3 is 2.81 bits per heavy atom. The van der Waals surface area contributed by atoms with E-state index in [4.69, 9.17) is 4.74 Å². The lowest BCUT2D eigenvalue weighted by molar-refractivity contribution is 0.219. The average Bonchev–Trinajstić information content (AvgIpc) is 3.34. The van der Waals surface area contributed by atoms with Gasteiger partial charge in [0.25, 0.3) is 0 Å². The van der Waals surface area contributed by atoms with Crippen LogP contribution in [0.15, 0.2) is 48.1 Å². The van der Waals surface area contributed by atoms with Crippen molar-refractivity contribution >= 4 is 23.1 Å². The number of thiophene rings is 1. The van der Waals surface area contributed by atoms with Crippen LogP contribution in [0.4, 0.5) is 10.5 Å². The standard InChI is InChI=1S/C19H23N5O2S/c1-3-10-24-14-20-22-18(24)12-23(2)19(25)21-15-6-8-16(9-7-15)26-13-17-5-4-11-27-17/h4-9,11,14H,3,10,12-13H2,1-2H3,(H,21,25). The summed E-state index contributed by atoms with van der Waals surface area (Å²) in [6.07, 6.45) is 2.68. The largest absolute Gasteiger partial charge is 0.488 e. The number of hydrogen-bond donors (Lipinski definition) is 1. The van der Waals surface area contributed by atoms with Crippen LogP contribution in [0.1, 0.15) is 24.0 Å². The molecule has 7 nitrogen and oxygen atoms in total. The van der Waals surface area contributed by atoms with Gasteiger partial charge in [0.2, 0.25) is 0 Å². The minimum atomic E-state index is -0.201. The van der Waals surface area contributed by atoms with Crippen molar-refractivity contribution < 1.29 is 9.53 Å². The molecule has 0 aliphatic heterocycles. The SMILES string of the molecule is CCCn1cnnc1CN(C)C(=O)Nc1ccc(OCc2cccs2)cc1. The lowest BCUT2D eigenvalue weighted by Gasteiger charge is -2.18. The normalized spacial score (nSPS) is 10.6. The molecule has 3 aromatic rings. The fourth-order valence-electron chi connectivity index (χ4n) is 2.52. The van der Waals surface area contributed by atoms with Crippen molar-refractivity contribution in [1.82, 2.24) is 19.7 Å². The van der Waals surface area contributed by atoms with E-state index in [2.05, 4.69) is 22.4 Å². The van der Waals surface area contributed by atoms with Crippen molar-refractivity contribution in [3.05, 3.63) is 58.8 Å². The first-order chi connectivity index (χ1) is 13.2. The summed E-state index contributed by atoms with van der Waals surface area (Å²) in [7, 11) is 1.73. The van der Waals surface area contributed by atoms with E-state index in [0.29, 0.717) is 18.8 Å². The third-order valence-corrected chi connectivity index (χ3v) is 4.80. The van der Waals surface area contributed by atoms with Gasteiger partial charge in [-0.1, -0.05) is 13.0 Å². The van der Waals surface area contributed by atoms with Crippen molar-refractivity contribution in [2.24, 2.45) is 0 Å². The van der Waals surface area contributed by atoms with Crippen molar-refractivity contribution in [2.45, 2.75) is 33.0 Å². The Morgan fingerprint density at radius 1 is 1.30 bits per heavy atom. The molecule has 3 rings (SSSR count). The molecule has 0 fully saturated rings. The highest BCUT2D eigenvalue weighted by atomic mass is 32.1. The molecule has 1 aromatic carbocycles. The fraction of sp³-hybridized carbons (Fsp3) is 0.316. The van der Waals surface area contributed by atoms with Gasteiger partial charge in [-0.3, -0.25) is 0 Å². The van der Waals surface area contributed by atoms with E-state index >= 15 is 0 Å². The zero-order valence-electron chi connectivity index (χ0n) is 15.5. The second-order valence-corrected chi connectivity index (χ2v) is 7.15. The van der Waals surface area contributed by atoms with Gasteiger partial charge in [-0.15, -0.1) is 21.5 Å². The number of carbonyl (C=O) groups is 1. The quantitative estimate of drug-likeness (QED) is 0.636. The molecule has 8 heteroatoms. The first-order valence-electron chi connectivity index (χ1n) is 8.79. The maximum absolute atomic E-state index is 12.4. The fourth-order valence-corrected chi connectivity index (χ4v) is 3.13. The lowest BCUT2D eigenvalue weighted by Crippen LogP contribution is -2.31. The molecule has 0 radical (unpaired) electrons. The number of benzene rings is 1. The number of rotatable bonds is 8. The van der Waals surface area contributed by atoms with Gasteiger partial charge in [0.1, 0.15) is 18.7 Å². The van der Waals surface area contributed by atoms with Crippen molar-refractivity contribution in [3.63, 3.8) is 0 Å². The maximum Gasteiger partial charge on any atom is 0.321 e. The summed E-state index contributed by atoms with van der Waals surface area (Å²) in [4.78, 5) is 15.2. The van der Waals surface area contributed by atoms with E-state index in [-0.39, 0.29) is 6.03 Å². The summed E-state index contributed by atoms with van der Waals surface area (Å²) >= 11 is 1.66. The molecule has 0 atom stereocenters. The zero-order valence-corrected chi connectivity index (χ0v) is 16.3. The van der Waals surface area contributed by atoms with E-state index in [1.165, 1.54) is 4.88 Å². The number of aryl methyl sites for hydroxylation is 1. The van der Waals surface area contributed by atoms with Crippen LogP contribution >= 0.6 is 11.3 Å². The Balaban J connectivity index is 1.51. The topological polar surface area (TPSA) is 72.3 Å². The number of anilines is 1. The number of nitrogens with one attached hydrogen (secondary N) is 1. The van der Waals surface area contributed by atoms with E-state index in [1.807, 2.05) is 46.3 Å². The summed E-state index contributed by atoms with van der Waals surface area (Å²) in [6.45, 7) is 3.87. The molecule has 142 valence electrons. The Hall–Kier alpha value is -2.87. The summed E-state index contributed by atoms with van der Waals surface area (Å²) in [5.41, 5.74) is 0.713. The van der Waals surface area contributed by atoms with Gasteiger partial charge >= 0.3 is 6.03 Å². The summed E-state index contributed by atoms with van der Waals surface area (Å²) in [5, 5.41) is 12.9. The first kappa shape index (κ1) is 18.9. The van der Waals surface area contributed by atoms with Gasteiger partial charge in [-0.25, -0.2) is 4.79 Å². The minimum Gasteiger partial charge on any atom is -0.488 e. The number of aromatic nitrogens is 3. The molecule has 0 saturated heterocycles. The predicted octanol–water partition coefficient (Wildman–Crippen LogP) is 3.99. The lowest BCUT2D eigenvalue weighted by atomic mass is 10.3. The van der Waals surface area contributed by atoms with Gasteiger partial charge in [0.05, 0.1) is 6.54 Å². The molecule has 0 aliphatic rings. The monoisotopic (exact) mass is 385 g/mol. The van der Waals surface area contributed by atoms with Crippen LogP contribution in [0.25, 0.3) is 0 Å². The van der Waals surface area contributed by atoms with Crippen LogP contribution in [-0.2, 0) is 19.7 Å². The van der Waals surface area contributed by atoms with Crippen molar-refractivity contribution in [1.29, 1.82) is 0 Å². The minimum absolute atomic E-state index is 0.201. The van der Waals surface area contributed by atoms with Gasteiger partial charge in [0, 0.05) is 24.2 Å². The van der Waals surface area contributed by atoms with Gasteiger partial charge < -0.3 is 19.5 Å². The van der Waals surface area contributed by atoms with Gasteiger partial charge in [-0.05, 0) is 42.1 Å². The van der Waals surface area contributed by atoms with Crippen molar-refractivity contribution in [3.8, 4) is 5.75 Å². The summed E-state index contributed by atoms with van der Waals surface area (Å²) in [6, 6.07) is 11.2. The molecular formula is C19H23N5O2S. The molecule has 1 N–H and O–H groups in total. The molecule has 27 heavy (non-hydrogen) atoms. The molecule has 0 saturated carbocycles. The Morgan fingerprint density at radius 2 is 2.11 bits per heavy atom. The van der Waals surface area contributed by atoms with E-state index < -0.39 is 0 Å². The molecule has 0 bridgehead atoms. The maximum atomic E-state index is 12.4. The van der Waals surface area contributed by atoms with Crippen molar-refractivity contribution in [2.75, 3.05) is 12.4 Å². The Labute approximate surface area is 162 Å². The zero-order chi connectivity index (χ0) is 19.1. The molecule has 2 amide bonds. The highest BCUT2D eigenvalue weighted by Gasteiger charge is 2.13. The number of nitrogens with zero attached hydrogens (tertiary/aromatic N) is 4. The van der Waals surface area contributed by atoms with Crippen LogP contribution in [-0.4, -0.2) is 32.7 Å². The average molecular weight is 385 g/mol. The second-order valence-electron chi connectivity index (χ2n) is 6.12. The Kier molecular flexibility index (Phi) is 6.43. The molecule has 0 spiro atoms. The molecule has 0 aliphatic carbocycles. The van der Waals surface area contributed by atoms with Gasteiger partial charge in [0.15, 0.2) is 5.82 Å². The molecule has 2 heterocycles. The highest BCUT2D eigenvalue weighted by Crippen LogP contribution is 2.19. The highest BCUT2D eigenvalue weighted by molar-refractivity contribution is 7.09. The van der Waals surface area contributed by atoms with Crippen LogP contribution in [0.3, 0.4) is 0 Å². The van der Waals surface area contributed by atoms with Crippen LogP contribution in [0.2, 0.25) is 0 Å². The van der Waals surface area contributed by atoms with Crippen LogP contribution in [0.5, 0.6) is 5.75 Å². The van der Waals surface area contributed by atoms with E-state index in [1.54, 1.807) is 29.6 Å². The Bertz CT molecular complexity index is 845. The number of ether oxygens (including phenoxy) is 1. The van der Waals surface area contributed by atoms with E-state index in [0.717, 1.165) is 24.5 Å². The third-order valence-electron chi connectivity index (χ3n) is 3.95. The van der Waals surface area contributed by atoms with Crippen LogP contribution in [0, 0.1) is 0 Å². The number of urea groups is 1. The smallest absolute Gasteiger partial charge is 0.321 e. The summed E-state index contributed by atoms with van der Waals surface area (Å²) < 4.78 is 7.70. The summed E-state index contributed by atoms with van der Waals surface area (Å²) in [5.74, 6) is 1.54. The van der Waals surface area contributed by atoms with E-state index in [9.17, 15) is 4.79 Å².